The van der Waals surface area contributed by atoms with E-state index >= 15 is 0 Å². The van der Waals surface area contributed by atoms with Crippen molar-refractivity contribution in [2.75, 3.05) is 17.2 Å². The predicted octanol–water partition coefficient (Wildman–Crippen LogP) is 4.55. The van der Waals surface area contributed by atoms with Gasteiger partial charge in [-0.25, -0.2) is 4.39 Å². The topological polar surface area (TPSA) is 41.1 Å². The van der Waals surface area contributed by atoms with Crippen LogP contribution >= 0.6 is 11.6 Å². The molecule has 0 atom stereocenters. The lowest BCUT2D eigenvalue weighted by Crippen LogP contribution is -2.22. The number of alkyl halides is 3. The van der Waals surface area contributed by atoms with Gasteiger partial charge in [0.1, 0.15) is 5.82 Å². The number of nitrogens with one attached hydrogen (secondary N) is 2. The molecule has 0 saturated heterocycles. The Hall–Kier alpha value is -2.28. The van der Waals surface area contributed by atoms with Crippen LogP contribution in [0.15, 0.2) is 42.5 Å². The number of rotatable bonds is 4. The van der Waals surface area contributed by atoms with Gasteiger partial charge >= 0.3 is 6.18 Å². The Kier molecular flexibility index (Phi) is 5.10. The third kappa shape index (κ3) is 4.85. The molecule has 0 aromatic heterocycles. The second-order valence-electron chi connectivity index (χ2n) is 4.61. The number of amides is 1. The molecule has 0 saturated carbocycles. The Balaban J connectivity index is 1.95. The molecule has 0 aliphatic carbocycles. The van der Waals surface area contributed by atoms with Gasteiger partial charge in [-0.1, -0.05) is 17.7 Å². The molecule has 0 aliphatic heterocycles. The van der Waals surface area contributed by atoms with Gasteiger partial charge < -0.3 is 10.6 Å². The fraction of sp³-hybridized carbons (Fsp3) is 0.133. The molecule has 0 unspecified atom stereocenters. The molecule has 0 radical (unpaired) electrons. The molecule has 1 amide bonds. The van der Waals surface area contributed by atoms with Crippen LogP contribution in [0.25, 0.3) is 0 Å². The first-order chi connectivity index (χ1) is 10.8. The van der Waals surface area contributed by atoms with E-state index in [1.165, 1.54) is 24.3 Å². The standard InChI is InChI=1S/C15H11ClF4N2O/c16-12-7-11(4-5-13(12)17)22-14(23)8-21-10-3-1-2-9(6-10)15(18,19)20/h1-7,21H,8H2,(H,22,23). The molecule has 2 N–H and O–H groups in total. The largest absolute Gasteiger partial charge is 0.416 e. The maximum Gasteiger partial charge on any atom is 0.416 e. The Morgan fingerprint density at radius 1 is 1.09 bits per heavy atom. The van der Waals surface area contributed by atoms with Gasteiger partial charge in [0.05, 0.1) is 17.1 Å². The van der Waals surface area contributed by atoms with Crippen molar-refractivity contribution in [1.29, 1.82) is 0 Å². The summed E-state index contributed by atoms with van der Waals surface area (Å²) in [5.74, 6) is -1.13. The van der Waals surface area contributed by atoms with Crippen LogP contribution in [-0.4, -0.2) is 12.5 Å². The predicted molar refractivity (Wildman–Crippen MR) is 80.0 cm³/mol. The minimum absolute atomic E-state index is 0.145. The number of carbonyl (C=O) groups excluding carboxylic acids is 1. The van der Waals surface area contributed by atoms with Crippen LogP contribution in [0.4, 0.5) is 28.9 Å². The van der Waals surface area contributed by atoms with Crippen molar-refractivity contribution >= 4 is 28.9 Å². The van der Waals surface area contributed by atoms with E-state index in [0.29, 0.717) is 0 Å². The van der Waals surface area contributed by atoms with Crippen LogP contribution in [0, 0.1) is 5.82 Å². The molecular formula is C15H11ClF4N2O. The molecule has 122 valence electrons. The van der Waals surface area contributed by atoms with E-state index in [2.05, 4.69) is 10.6 Å². The highest BCUT2D eigenvalue weighted by Gasteiger charge is 2.30. The summed E-state index contributed by atoms with van der Waals surface area (Å²) < 4.78 is 50.7. The summed E-state index contributed by atoms with van der Waals surface area (Å²) in [6, 6.07) is 8.15. The van der Waals surface area contributed by atoms with E-state index in [1.54, 1.807) is 0 Å². The number of benzene rings is 2. The number of hydrogen-bond acceptors (Lipinski definition) is 2. The van der Waals surface area contributed by atoms with Crippen molar-refractivity contribution in [3.05, 3.63) is 58.9 Å². The molecule has 2 aromatic rings. The van der Waals surface area contributed by atoms with Gasteiger partial charge in [0, 0.05) is 11.4 Å². The Bertz CT molecular complexity index is 719. The smallest absolute Gasteiger partial charge is 0.376 e. The second-order valence-corrected chi connectivity index (χ2v) is 5.02. The van der Waals surface area contributed by atoms with Gasteiger partial charge in [0.15, 0.2) is 0 Å². The zero-order chi connectivity index (χ0) is 17.0. The van der Waals surface area contributed by atoms with E-state index in [9.17, 15) is 22.4 Å². The highest BCUT2D eigenvalue weighted by molar-refractivity contribution is 6.31. The van der Waals surface area contributed by atoms with Crippen LogP contribution in [0.2, 0.25) is 5.02 Å². The number of carbonyl (C=O) groups is 1. The Morgan fingerprint density at radius 2 is 1.83 bits per heavy atom. The summed E-state index contributed by atoms with van der Waals surface area (Å²) in [6.45, 7) is -0.254. The lowest BCUT2D eigenvalue weighted by Gasteiger charge is -2.11. The number of anilines is 2. The molecule has 23 heavy (non-hydrogen) atoms. The first-order valence-corrected chi connectivity index (χ1v) is 6.79. The van der Waals surface area contributed by atoms with Crippen molar-refractivity contribution in [2.24, 2.45) is 0 Å². The summed E-state index contributed by atoms with van der Waals surface area (Å²) in [7, 11) is 0. The van der Waals surface area contributed by atoms with Crippen LogP contribution in [0.3, 0.4) is 0 Å². The van der Waals surface area contributed by atoms with Gasteiger partial charge in [-0.2, -0.15) is 13.2 Å². The fourth-order valence-corrected chi connectivity index (χ4v) is 1.95. The van der Waals surface area contributed by atoms with E-state index in [-0.39, 0.29) is 22.9 Å². The van der Waals surface area contributed by atoms with Gasteiger partial charge in [-0.05, 0) is 36.4 Å². The van der Waals surface area contributed by atoms with Crippen LogP contribution in [0.5, 0.6) is 0 Å². The molecule has 0 spiro atoms. The molecule has 0 heterocycles. The van der Waals surface area contributed by atoms with Gasteiger partial charge in [0.2, 0.25) is 5.91 Å². The number of halogens is 5. The Morgan fingerprint density at radius 3 is 2.48 bits per heavy atom. The molecule has 2 aromatic carbocycles. The summed E-state index contributed by atoms with van der Waals surface area (Å²) in [5.41, 5.74) is -0.368. The maximum absolute atomic E-state index is 13.0. The molecule has 0 fully saturated rings. The van der Waals surface area contributed by atoms with E-state index < -0.39 is 23.5 Å². The third-order valence-corrected chi connectivity index (χ3v) is 3.14. The summed E-state index contributed by atoms with van der Waals surface area (Å²) in [5, 5.41) is 4.89. The highest BCUT2D eigenvalue weighted by atomic mass is 35.5. The SMILES string of the molecule is O=C(CNc1cccc(C(F)(F)F)c1)Nc1ccc(F)c(Cl)c1. The van der Waals surface area contributed by atoms with Crippen molar-refractivity contribution in [3.8, 4) is 0 Å². The molecule has 0 bridgehead atoms. The van der Waals surface area contributed by atoms with Crippen molar-refractivity contribution in [2.45, 2.75) is 6.18 Å². The molecule has 0 aliphatic rings. The van der Waals surface area contributed by atoms with E-state index in [1.807, 2.05) is 0 Å². The molecular weight excluding hydrogens is 336 g/mol. The first kappa shape index (κ1) is 17.1. The van der Waals surface area contributed by atoms with Gasteiger partial charge in [0.25, 0.3) is 0 Å². The normalized spacial score (nSPS) is 11.2. The van der Waals surface area contributed by atoms with Crippen LogP contribution < -0.4 is 10.6 Å². The molecule has 3 nitrogen and oxygen atoms in total. The molecule has 2 rings (SSSR count). The van der Waals surface area contributed by atoms with Crippen molar-refractivity contribution < 1.29 is 22.4 Å². The summed E-state index contributed by atoms with van der Waals surface area (Å²) in [4.78, 5) is 11.7. The van der Waals surface area contributed by atoms with Crippen molar-refractivity contribution in [1.82, 2.24) is 0 Å². The fourth-order valence-electron chi connectivity index (χ4n) is 1.77. The lowest BCUT2D eigenvalue weighted by atomic mass is 10.2. The third-order valence-electron chi connectivity index (χ3n) is 2.85. The zero-order valence-corrected chi connectivity index (χ0v) is 12.3. The van der Waals surface area contributed by atoms with Gasteiger partial charge in [-0.15, -0.1) is 0 Å². The quantitative estimate of drug-likeness (QED) is 0.797. The van der Waals surface area contributed by atoms with E-state index in [4.69, 9.17) is 11.6 Å². The monoisotopic (exact) mass is 346 g/mol. The maximum atomic E-state index is 13.0. The van der Waals surface area contributed by atoms with E-state index in [0.717, 1.165) is 18.2 Å². The second kappa shape index (κ2) is 6.87. The first-order valence-electron chi connectivity index (χ1n) is 6.42. The highest BCUT2D eigenvalue weighted by Crippen LogP contribution is 2.30. The minimum Gasteiger partial charge on any atom is -0.376 e. The van der Waals surface area contributed by atoms with Crippen molar-refractivity contribution in [3.63, 3.8) is 0 Å². The zero-order valence-electron chi connectivity index (χ0n) is 11.5. The molecule has 8 heteroatoms. The average molecular weight is 347 g/mol. The summed E-state index contributed by atoms with van der Waals surface area (Å²) in [6.07, 6.45) is -4.45. The van der Waals surface area contributed by atoms with Crippen LogP contribution in [-0.2, 0) is 11.0 Å². The minimum atomic E-state index is -4.45. The van der Waals surface area contributed by atoms with Gasteiger partial charge in [-0.3, -0.25) is 4.79 Å². The van der Waals surface area contributed by atoms with Crippen LogP contribution in [0.1, 0.15) is 5.56 Å². The number of hydrogen-bond donors (Lipinski definition) is 2. The average Bonchev–Trinajstić information content (AvgIpc) is 2.48. The lowest BCUT2D eigenvalue weighted by molar-refractivity contribution is -0.137. The summed E-state index contributed by atoms with van der Waals surface area (Å²) >= 11 is 5.58. The Labute approximate surface area is 134 Å².